The lowest BCUT2D eigenvalue weighted by Gasteiger charge is -2.03. The van der Waals surface area contributed by atoms with Crippen molar-refractivity contribution in [3.8, 4) is 11.1 Å². The van der Waals surface area contributed by atoms with Gasteiger partial charge >= 0.3 is 0 Å². The Kier molecular flexibility index (Phi) is 3.37. The van der Waals surface area contributed by atoms with Crippen LogP contribution in [0.4, 0.5) is 0 Å². The minimum absolute atomic E-state index is 1.04. The average Bonchev–Trinajstić information content (AvgIpc) is 2.83. The molecule has 0 aliphatic carbocycles. The molecule has 0 fully saturated rings. The van der Waals surface area contributed by atoms with Crippen molar-refractivity contribution >= 4 is 49.2 Å². The zero-order chi connectivity index (χ0) is 12.5. The largest absolute Gasteiger partial charge is 0.229 e. The van der Waals surface area contributed by atoms with Gasteiger partial charge in [-0.25, -0.2) is 9.97 Å². The Balaban J connectivity index is 2.26. The molecule has 0 amide bonds. The van der Waals surface area contributed by atoms with Gasteiger partial charge in [0.05, 0.1) is 5.39 Å². The fraction of sp³-hybridized carbons (Fsp3) is 0.0769. The second-order valence-electron chi connectivity index (χ2n) is 3.72. The third kappa shape index (κ3) is 2.06. The molecule has 0 aliphatic rings. The summed E-state index contributed by atoms with van der Waals surface area (Å²) in [6, 6.07) is 8.34. The molecule has 0 unspecified atom stereocenters. The number of rotatable bonds is 2. The van der Waals surface area contributed by atoms with E-state index in [0.29, 0.717) is 0 Å². The number of aromatic nitrogens is 2. The van der Waals surface area contributed by atoms with Crippen molar-refractivity contribution < 1.29 is 0 Å². The highest BCUT2D eigenvalue weighted by Crippen LogP contribution is 2.37. The first-order valence-electron chi connectivity index (χ1n) is 5.31. The van der Waals surface area contributed by atoms with E-state index in [4.69, 9.17) is 0 Å². The number of hydrogen-bond acceptors (Lipinski definition) is 4. The minimum atomic E-state index is 1.04. The van der Waals surface area contributed by atoms with Crippen LogP contribution in [0.2, 0.25) is 0 Å². The Morgan fingerprint density at radius 3 is 2.67 bits per heavy atom. The predicted molar refractivity (Wildman–Crippen MR) is 82.3 cm³/mol. The molecule has 2 nitrogen and oxygen atoms in total. The SMILES string of the molecule is CSc1ncnc2scc(-c3ccc(Br)cc3)c12. The van der Waals surface area contributed by atoms with Crippen LogP contribution in [-0.2, 0) is 0 Å². The Hall–Kier alpha value is -0.910. The number of fused-ring (bicyclic) bond motifs is 1. The fourth-order valence-corrected chi connectivity index (χ4v) is 3.65. The summed E-state index contributed by atoms with van der Waals surface area (Å²) in [5.74, 6) is 0. The lowest BCUT2D eigenvalue weighted by atomic mass is 10.1. The van der Waals surface area contributed by atoms with E-state index >= 15 is 0 Å². The van der Waals surface area contributed by atoms with E-state index in [1.165, 1.54) is 11.1 Å². The molecule has 3 aromatic rings. The number of nitrogens with zero attached hydrogens (tertiary/aromatic N) is 2. The maximum atomic E-state index is 4.35. The smallest absolute Gasteiger partial charge is 0.128 e. The predicted octanol–water partition coefficient (Wildman–Crippen LogP) is 4.84. The molecule has 0 saturated heterocycles. The molecule has 0 N–H and O–H groups in total. The summed E-state index contributed by atoms with van der Waals surface area (Å²) < 4.78 is 1.09. The van der Waals surface area contributed by atoms with Crippen molar-refractivity contribution in [2.75, 3.05) is 6.26 Å². The van der Waals surface area contributed by atoms with Gasteiger partial charge in [-0.2, -0.15) is 0 Å². The van der Waals surface area contributed by atoms with Crippen LogP contribution in [0.25, 0.3) is 21.3 Å². The van der Waals surface area contributed by atoms with Gasteiger partial charge in [-0.15, -0.1) is 23.1 Å². The lowest BCUT2D eigenvalue weighted by Crippen LogP contribution is -1.84. The maximum absolute atomic E-state index is 4.35. The molecule has 0 atom stereocenters. The van der Waals surface area contributed by atoms with Gasteiger partial charge in [0, 0.05) is 15.4 Å². The molecule has 0 saturated carbocycles. The number of thioether (sulfide) groups is 1. The van der Waals surface area contributed by atoms with Crippen molar-refractivity contribution in [3.05, 3.63) is 40.4 Å². The Bertz CT molecular complexity index is 692. The first-order chi connectivity index (χ1) is 8.79. The highest BCUT2D eigenvalue weighted by atomic mass is 79.9. The first-order valence-corrected chi connectivity index (χ1v) is 8.21. The molecule has 1 aromatic carbocycles. The summed E-state index contributed by atoms with van der Waals surface area (Å²) >= 11 is 6.79. The molecule has 5 heteroatoms. The van der Waals surface area contributed by atoms with Crippen LogP contribution < -0.4 is 0 Å². The average molecular weight is 337 g/mol. The molecule has 90 valence electrons. The summed E-state index contributed by atoms with van der Waals surface area (Å²) in [5, 5.41) is 4.36. The highest BCUT2D eigenvalue weighted by molar-refractivity contribution is 9.10. The summed E-state index contributed by atoms with van der Waals surface area (Å²) in [6.07, 6.45) is 3.68. The number of halogens is 1. The third-order valence-corrected chi connectivity index (χ3v) is 4.80. The molecular formula is C13H9BrN2S2. The maximum Gasteiger partial charge on any atom is 0.128 e. The van der Waals surface area contributed by atoms with Crippen LogP contribution >= 0.6 is 39.0 Å². The van der Waals surface area contributed by atoms with Crippen LogP contribution in [0.3, 0.4) is 0 Å². The van der Waals surface area contributed by atoms with E-state index in [1.807, 2.05) is 6.26 Å². The third-order valence-electron chi connectivity index (χ3n) is 2.68. The van der Waals surface area contributed by atoms with Gasteiger partial charge in [0.2, 0.25) is 0 Å². The Morgan fingerprint density at radius 2 is 1.94 bits per heavy atom. The summed E-state index contributed by atoms with van der Waals surface area (Å²) in [5.41, 5.74) is 2.42. The summed E-state index contributed by atoms with van der Waals surface area (Å²) in [6.45, 7) is 0. The van der Waals surface area contributed by atoms with Crippen LogP contribution in [0.15, 0.2) is 45.5 Å². The van der Waals surface area contributed by atoms with Crippen molar-refractivity contribution in [2.24, 2.45) is 0 Å². The van der Waals surface area contributed by atoms with Crippen LogP contribution in [0, 0.1) is 0 Å². The minimum Gasteiger partial charge on any atom is -0.229 e. The monoisotopic (exact) mass is 336 g/mol. The molecule has 18 heavy (non-hydrogen) atoms. The lowest BCUT2D eigenvalue weighted by molar-refractivity contribution is 1.11. The quantitative estimate of drug-likeness (QED) is 0.494. The van der Waals surface area contributed by atoms with E-state index in [0.717, 1.165) is 19.7 Å². The first kappa shape index (κ1) is 12.1. The van der Waals surface area contributed by atoms with Crippen LogP contribution in [0.5, 0.6) is 0 Å². The molecule has 2 aromatic heterocycles. The zero-order valence-electron chi connectivity index (χ0n) is 9.55. The van der Waals surface area contributed by atoms with Gasteiger partial charge in [-0.05, 0) is 24.0 Å². The van der Waals surface area contributed by atoms with Gasteiger partial charge in [-0.1, -0.05) is 28.1 Å². The van der Waals surface area contributed by atoms with Crippen molar-refractivity contribution in [2.45, 2.75) is 5.03 Å². The van der Waals surface area contributed by atoms with Crippen LogP contribution in [0.1, 0.15) is 0 Å². The molecule has 2 heterocycles. The summed E-state index contributed by atoms with van der Waals surface area (Å²) in [4.78, 5) is 9.74. The van der Waals surface area contributed by atoms with Gasteiger partial charge < -0.3 is 0 Å². The fourth-order valence-electron chi connectivity index (χ4n) is 1.84. The zero-order valence-corrected chi connectivity index (χ0v) is 12.8. The summed E-state index contributed by atoms with van der Waals surface area (Å²) in [7, 11) is 0. The number of hydrogen-bond donors (Lipinski definition) is 0. The van der Waals surface area contributed by atoms with Crippen LogP contribution in [-0.4, -0.2) is 16.2 Å². The molecule has 0 aliphatic heterocycles. The number of benzene rings is 1. The highest BCUT2D eigenvalue weighted by Gasteiger charge is 2.12. The molecular weight excluding hydrogens is 328 g/mol. The van der Waals surface area contributed by atoms with Gasteiger partial charge in [-0.3, -0.25) is 0 Å². The second-order valence-corrected chi connectivity index (χ2v) is 6.29. The van der Waals surface area contributed by atoms with Crippen molar-refractivity contribution in [3.63, 3.8) is 0 Å². The number of thiophene rings is 1. The molecule has 0 spiro atoms. The van der Waals surface area contributed by atoms with E-state index in [-0.39, 0.29) is 0 Å². The van der Waals surface area contributed by atoms with Gasteiger partial charge in [0.25, 0.3) is 0 Å². The second kappa shape index (κ2) is 4.99. The van der Waals surface area contributed by atoms with E-state index < -0.39 is 0 Å². The van der Waals surface area contributed by atoms with Crippen molar-refractivity contribution in [1.29, 1.82) is 0 Å². The van der Waals surface area contributed by atoms with E-state index in [1.54, 1.807) is 29.4 Å². The molecule has 0 bridgehead atoms. The normalized spacial score (nSPS) is 11.0. The Morgan fingerprint density at radius 1 is 1.17 bits per heavy atom. The van der Waals surface area contributed by atoms with Crippen molar-refractivity contribution in [1.82, 2.24) is 9.97 Å². The molecule has 3 rings (SSSR count). The van der Waals surface area contributed by atoms with Gasteiger partial charge in [0.15, 0.2) is 0 Å². The van der Waals surface area contributed by atoms with E-state index in [9.17, 15) is 0 Å². The van der Waals surface area contributed by atoms with Gasteiger partial charge in [0.1, 0.15) is 16.2 Å². The Labute approximate surface area is 122 Å². The standard InChI is InChI=1S/C13H9BrN2S2/c1-17-12-11-10(6-18-13(11)16-7-15-12)8-2-4-9(14)5-3-8/h2-7H,1H3. The molecule has 0 radical (unpaired) electrons. The topological polar surface area (TPSA) is 25.8 Å². The van der Waals surface area contributed by atoms with E-state index in [2.05, 4.69) is 55.5 Å².